The van der Waals surface area contributed by atoms with Crippen LogP contribution in [0.15, 0.2) is 59.6 Å². The second-order valence-corrected chi connectivity index (χ2v) is 9.78. The lowest BCUT2D eigenvalue weighted by Gasteiger charge is -2.23. The average molecular weight is 514 g/mol. The smallest absolute Gasteiger partial charge is 0.264 e. The molecule has 36 heavy (non-hydrogen) atoms. The summed E-state index contributed by atoms with van der Waals surface area (Å²) in [7, 11) is -2.79. The molecule has 188 valence electrons. The second-order valence-electron chi connectivity index (χ2n) is 8.13. The van der Waals surface area contributed by atoms with Gasteiger partial charge in [-0.1, -0.05) is 12.1 Å². The molecule has 2 aromatic heterocycles. The number of hydrogen-bond donors (Lipinski definition) is 3. The average Bonchev–Trinajstić information content (AvgIpc) is 3.37. The van der Waals surface area contributed by atoms with Gasteiger partial charge in [0.15, 0.2) is 0 Å². The number of morpholine rings is 1. The van der Waals surface area contributed by atoms with Crippen LogP contribution in [0.1, 0.15) is 0 Å². The Balaban J connectivity index is 1.37. The lowest BCUT2D eigenvalue weighted by molar-refractivity contribution is -0.000363. The van der Waals surface area contributed by atoms with Crippen molar-refractivity contribution >= 4 is 26.6 Å². The highest BCUT2D eigenvalue weighted by Gasteiger charge is 2.21. The number of sulfonamides is 1. The van der Waals surface area contributed by atoms with Crippen molar-refractivity contribution in [2.75, 3.05) is 38.1 Å². The van der Waals surface area contributed by atoms with E-state index in [-0.39, 0.29) is 17.5 Å². The number of aromatic amines is 1. The van der Waals surface area contributed by atoms with Crippen molar-refractivity contribution in [3.8, 4) is 22.9 Å². The largest absolute Gasteiger partial charge is 0.497 e. The fourth-order valence-corrected chi connectivity index (χ4v) is 4.96. The maximum atomic E-state index is 14.2. The first-order chi connectivity index (χ1) is 17.4. The highest BCUT2D eigenvalue weighted by Crippen LogP contribution is 2.30. The number of fused-ring (bicyclic) bond motifs is 1. The Hall–Kier alpha value is -3.74. The Kier molecular flexibility index (Phi) is 6.72. The highest BCUT2D eigenvalue weighted by molar-refractivity contribution is 7.92. The number of nitrogens with zero attached hydrogens (tertiary/aromatic N) is 2. The zero-order valence-corrected chi connectivity index (χ0v) is 20.1. The number of hydrogen-bond acceptors (Lipinski definition) is 8. The molecule has 12 heteroatoms. The number of nitrogens with one attached hydrogen (secondary N) is 3. The Labute approximate surface area is 206 Å². The molecule has 0 radical (unpaired) electrons. The third-order valence-electron chi connectivity index (χ3n) is 5.67. The van der Waals surface area contributed by atoms with E-state index < -0.39 is 20.7 Å². The Bertz CT molecular complexity index is 1470. The number of rotatable bonds is 8. The lowest BCUT2D eigenvalue weighted by atomic mass is 10.1. The van der Waals surface area contributed by atoms with Gasteiger partial charge >= 0.3 is 0 Å². The van der Waals surface area contributed by atoms with Crippen LogP contribution >= 0.6 is 0 Å². The van der Waals surface area contributed by atoms with Crippen molar-refractivity contribution in [3.63, 3.8) is 0 Å². The number of aromatic nitrogens is 3. The molecule has 1 atom stereocenters. The lowest BCUT2D eigenvalue weighted by Crippen LogP contribution is -2.41. The van der Waals surface area contributed by atoms with Gasteiger partial charge < -0.3 is 19.5 Å². The van der Waals surface area contributed by atoms with Gasteiger partial charge in [0.2, 0.25) is 5.88 Å². The maximum Gasteiger partial charge on any atom is 0.264 e. The topological polar surface area (TPSA) is 127 Å². The molecule has 0 spiro atoms. The van der Waals surface area contributed by atoms with Crippen LogP contribution in [-0.2, 0) is 14.8 Å². The number of ether oxygens (including phenoxy) is 3. The first-order valence-electron chi connectivity index (χ1n) is 11.2. The minimum absolute atomic E-state index is 0.0760. The normalized spacial score (nSPS) is 16.1. The van der Waals surface area contributed by atoms with E-state index >= 15 is 0 Å². The summed E-state index contributed by atoms with van der Waals surface area (Å²) in [5.74, 6) is -0.223. The van der Waals surface area contributed by atoms with Crippen molar-refractivity contribution in [1.29, 1.82) is 0 Å². The molecule has 4 aromatic rings. The van der Waals surface area contributed by atoms with Crippen molar-refractivity contribution < 1.29 is 27.0 Å². The monoisotopic (exact) mass is 513 g/mol. The van der Waals surface area contributed by atoms with Crippen LogP contribution in [0, 0.1) is 5.82 Å². The van der Waals surface area contributed by atoms with Crippen LogP contribution in [-0.4, -0.2) is 63.1 Å². The van der Waals surface area contributed by atoms with Crippen molar-refractivity contribution in [1.82, 2.24) is 20.5 Å². The summed E-state index contributed by atoms with van der Waals surface area (Å²) < 4.78 is 58.8. The summed E-state index contributed by atoms with van der Waals surface area (Å²) in [5.41, 5.74) is 2.35. The van der Waals surface area contributed by atoms with Crippen molar-refractivity contribution in [2.45, 2.75) is 11.0 Å². The molecule has 1 aliphatic rings. The number of halogens is 1. The molecule has 1 fully saturated rings. The first kappa shape index (κ1) is 24.0. The van der Waals surface area contributed by atoms with E-state index in [1.807, 2.05) is 6.07 Å². The molecule has 0 saturated carbocycles. The number of H-pyrrole nitrogens is 1. The van der Waals surface area contributed by atoms with Crippen LogP contribution in [0.4, 0.5) is 10.1 Å². The molecule has 0 aliphatic carbocycles. The summed E-state index contributed by atoms with van der Waals surface area (Å²) in [5, 5.41) is 11.0. The van der Waals surface area contributed by atoms with Gasteiger partial charge in [-0.3, -0.25) is 9.82 Å². The summed E-state index contributed by atoms with van der Waals surface area (Å²) in [6.07, 6.45) is 1.57. The van der Waals surface area contributed by atoms with Crippen molar-refractivity contribution in [2.24, 2.45) is 0 Å². The van der Waals surface area contributed by atoms with Gasteiger partial charge in [-0.25, -0.2) is 17.8 Å². The van der Waals surface area contributed by atoms with Gasteiger partial charge in [0.1, 0.15) is 29.2 Å². The fourth-order valence-electron chi connectivity index (χ4n) is 3.81. The molecule has 0 bridgehead atoms. The predicted molar refractivity (Wildman–Crippen MR) is 131 cm³/mol. The zero-order chi connectivity index (χ0) is 25.1. The van der Waals surface area contributed by atoms with E-state index in [1.165, 1.54) is 13.2 Å². The number of pyridine rings is 1. The van der Waals surface area contributed by atoms with Gasteiger partial charge in [0, 0.05) is 30.4 Å². The summed E-state index contributed by atoms with van der Waals surface area (Å²) in [6.45, 7) is 2.48. The van der Waals surface area contributed by atoms with Gasteiger partial charge in [-0.05, 0) is 30.3 Å². The molecule has 3 heterocycles. The van der Waals surface area contributed by atoms with Gasteiger partial charge in [0.25, 0.3) is 10.0 Å². The molecule has 1 aliphatic heterocycles. The van der Waals surface area contributed by atoms with Crippen LogP contribution in [0.3, 0.4) is 0 Å². The quantitative estimate of drug-likeness (QED) is 0.328. The van der Waals surface area contributed by atoms with Crippen LogP contribution < -0.4 is 19.5 Å². The van der Waals surface area contributed by atoms with E-state index in [4.69, 9.17) is 14.2 Å². The molecular weight excluding hydrogens is 489 g/mol. The fraction of sp³-hybridized carbons (Fsp3) is 0.250. The van der Waals surface area contributed by atoms with Gasteiger partial charge in [0.05, 0.1) is 36.5 Å². The van der Waals surface area contributed by atoms with Crippen LogP contribution in [0.5, 0.6) is 11.6 Å². The van der Waals surface area contributed by atoms with E-state index in [0.717, 1.165) is 35.1 Å². The number of anilines is 1. The Morgan fingerprint density at radius 2 is 2.03 bits per heavy atom. The van der Waals surface area contributed by atoms with E-state index in [0.29, 0.717) is 31.3 Å². The minimum Gasteiger partial charge on any atom is -0.497 e. The van der Waals surface area contributed by atoms with Crippen LogP contribution in [0.2, 0.25) is 0 Å². The van der Waals surface area contributed by atoms with Crippen LogP contribution in [0.25, 0.3) is 22.2 Å². The standard InChI is InChI=1S/C24H24FN5O5S/c1-33-17-6-7-20(25)23(10-17)36(31,32)30-16-4-2-15(3-5-16)21-11-22-19(13-27-29-22)24(28-21)35-14-18-12-26-8-9-34-18/h2-7,10-11,13,18,26,30H,8-9,12,14H2,1H3,(H,27,29). The highest BCUT2D eigenvalue weighted by atomic mass is 32.2. The molecule has 3 N–H and O–H groups in total. The molecular formula is C24H24FN5O5S. The third-order valence-corrected chi connectivity index (χ3v) is 7.07. The predicted octanol–water partition coefficient (Wildman–Crippen LogP) is 2.94. The van der Waals surface area contributed by atoms with E-state index in [9.17, 15) is 12.8 Å². The van der Waals surface area contributed by atoms with Gasteiger partial charge in [-0.15, -0.1) is 0 Å². The van der Waals surface area contributed by atoms with Crippen molar-refractivity contribution in [3.05, 3.63) is 60.5 Å². The summed E-state index contributed by atoms with van der Waals surface area (Å²) in [4.78, 5) is 4.15. The van der Waals surface area contributed by atoms with Gasteiger partial charge in [-0.2, -0.15) is 5.10 Å². The Morgan fingerprint density at radius 1 is 1.19 bits per heavy atom. The molecule has 2 aromatic carbocycles. The SMILES string of the molecule is COc1ccc(F)c(S(=O)(=O)Nc2ccc(-c3cc4[nH]ncc4c(OCC4CNCCO4)n3)cc2)c1. The second kappa shape index (κ2) is 10.1. The molecule has 10 nitrogen and oxygen atoms in total. The third kappa shape index (κ3) is 5.10. The number of benzene rings is 2. The summed E-state index contributed by atoms with van der Waals surface area (Å²) >= 11 is 0. The zero-order valence-electron chi connectivity index (χ0n) is 19.3. The van der Waals surface area contributed by atoms with E-state index in [1.54, 1.807) is 30.5 Å². The maximum absolute atomic E-state index is 14.2. The minimum atomic E-state index is -4.17. The Morgan fingerprint density at radius 3 is 2.78 bits per heavy atom. The number of methoxy groups -OCH3 is 1. The molecule has 5 rings (SSSR count). The molecule has 1 saturated heterocycles. The first-order valence-corrected chi connectivity index (χ1v) is 12.7. The summed E-state index contributed by atoms with van der Waals surface area (Å²) in [6, 6.07) is 11.9. The molecule has 1 unspecified atom stereocenters. The molecule has 0 amide bonds. The van der Waals surface area contributed by atoms with E-state index in [2.05, 4.69) is 25.2 Å².